The van der Waals surface area contributed by atoms with Crippen LogP contribution in [0.3, 0.4) is 0 Å². The Morgan fingerprint density at radius 1 is 1.48 bits per heavy atom. The lowest BCUT2D eigenvalue weighted by molar-refractivity contribution is -0.122. The summed E-state index contributed by atoms with van der Waals surface area (Å²) in [5.74, 6) is 0.911. The number of nitrogens with one attached hydrogen (secondary N) is 1. The van der Waals surface area contributed by atoms with Crippen molar-refractivity contribution in [1.29, 1.82) is 0 Å². The third-order valence-electron chi connectivity index (χ3n) is 2.59. The third kappa shape index (κ3) is 5.77. The predicted octanol–water partition coefficient (Wildman–Crippen LogP) is 2.03. The Kier molecular flexibility index (Phi) is 7.85. The van der Waals surface area contributed by atoms with E-state index < -0.39 is 0 Å². The Balaban J connectivity index is 2.83. The molecule has 1 aromatic carbocycles. The highest BCUT2D eigenvalue weighted by molar-refractivity contribution is 9.10. The molecule has 0 saturated heterocycles. The van der Waals surface area contributed by atoms with Crippen molar-refractivity contribution in [2.24, 2.45) is 5.73 Å². The summed E-state index contributed by atoms with van der Waals surface area (Å²) < 4.78 is 11.9. The molecule has 1 rings (SSSR count). The van der Waals surface area contributed by atoms with Gasteiger partial charge in [0.05, 0.1) is 11.1 Å². The Bertz CT molecular complexity index is 492. The van der Waals surface area contributed by atoms with Crippen molar-refractivity contribution in [2.45, 2.75) is 13.3 Å². The highest BCUT2D eigenvalue weighted by atomic mass is 79.9. The number of rotatable bonds is 9. The summed E-state index contributed by atoms with van der Waals surface area (Å²) in [4.78, 5) is 11.6. The average Bonchev–Trinajstić information content (AvgIpc) is 2.45. The molecule has 5 nitrogen and oxygen atoms in total. The summed E-state index contributed by atoms with van der Waals surface area (Å²) in [6.45, 7) is 6.83. The molecule has 0 heterocycles. The van der Waals surface area contributed by atoms with E-state index in [1.54, 1.807) is 6.08 Å². The Hall–Kier alpha value is -1.53. The van der Waals surface area contributed by atoms with Crippen LogP contribution in [0.1, 0.15) is 12.5 Å². The summed E-state index contributed by atoms with van der Waals surface area (Å²) in [6.07, 6.45) is 2.36. The molecule has 0 saturated carbocycles. The van der Waals surface area contributed by atoms with Gasteiger partial charge < -0.3 is 20.5 Å². The van der Waals surface area contributed by atoms with Crippen LogP contribution in [0.25, 0.3) is 0 Å². The van der Waals surface area contributed by atoms with Crippen molar-refractivity contribution in [3.63, 3.8) is 0 Å². The summed E-state index contributed by atoms with van der Waals surface area (Å²) in [5.41, 5.74) is 6.62. The number of hydrogen-bond donors (Lipinski definition) is 2. The Morgan fingerprint density at radius 2 is 2.24 bits per heavy atom. The van der Waals surface area contributed by atoms with Gasteiger partial charge in [-0.1, -0.05) is 6.08 Å². The highest BCUT2D eigenvalue weighted by Gasteiger charge is 2.13. The lowest BCUT2D eigenvalue weighted by Gasteiger charge is -2.15. The predicted molar refractivity (Wildman–Crippen MR) is 86.8 cm³/mol. The van der Waals surface area contributed by atoms with Crippen LogP contribution >= 0.6 is 15.9 Å². The number of benzene rings is 1. The van der Waals surface area contributed by atoms with Gasteiger partial charge in [0.1, 0.15) is 0 Å². The fourth-order valence-corrected chi connectivity index (χ4v) is 2.31. The number of carbonyl (C=O) groups excluding carboxylic acids is 1. The quantitative estimate of drug-likeness (QED) is 0.664. The number of ether oxygens (including phenoxy) is 2. The number of hydrogen-bond acceptors (Lipinski definition) is 4. The molecule has 0 bridgehead atoms. The maximum atomic E-state index is 11.6. The van der Waals surface area contributed by atoms with Crippen molar-refractivity contribution in [3.8, 4) is 11.5 Å². The van der Waals surface area contributed by atoms with Gasteiger partial charge in [0, 0.05) is 6.54 Å². The van der Waals surface area contributed by atoms with E-state index in [1.165, 1.54) is 0 Å². The topological polar surface area (TPSA) is 73.6 Å². The monoisotopic (exact) mass is 356 g/mol. The van der Waals surface area contributed by atoms with Crippen LogP contribution in [-0.2, 0) is 11.2 Å². The summed E-state index contributed by atoms with van der Waals surface area (Å²) in [7, 11) is 0. The maximum Gasteiger partial charge on any atom is 0.258 e. The van der Waals surface area contributed by atoms with Crippen LogP contribution in [0.2, 0.25) is 0 Å². The van der Waals surface area contributed by atoms with Crippen molar-refractivity contribution in [3.05, 3.63) is 34.8 Å². The first-order valence-electron chi connectivity index (χ1n) is 6.78. The number of nitrogens with two attached hydrogens (primary N) is 1. The minimum absolute atomic E-state index is 0.0806. The molecule has 3 N–H and O–H groups in total. The molecule has 0 aliphatic carbocycles. The molecule has 0 spiro atoms. The van der Waals surface area contributed by atoms with Crippen LogP contribution in [0, 0.1) is 0 Å². The maximum absolute atomic E-state index is 11.6. The van der Waals surface area contributed by atoms with Crippen molar-refractivity contribution in [2.75, 3.05) is 26.3 Å². The van der Waals surface area contributed by atoms with E-state index in [0.717, 1.165) is 16.5 Å². The molecule has 0 aliphatic rings. The Morgan fingerprint density at radius 3 is 2.86 bits per heavy atom. The third-order valence-corrected chi connectivity index (χ3v) is 3.18. The van der Waals surface area contributed by atoms with Gasteiger partial charge in [0.25, 0.3) is 5.91 Å². The first kappa shape index (κ1) is 17.5. The van der Waals surface area contributed by atoms with Gasteiger partial charge in [-0.15, -0.1) is 6.58 Å². The zero-order chi connectivity index (χ0) is 15.7. The highest BCUT2D eigenvalue weighted by Crippen LogP contribution is 2.37. The standard InChI is InChI=1S/C15H21BrN2O3/c1-3-7-18-14(19)10-21-15-12(16)8-11(5-6-17)9-13(15)20-4-2/h3,8-9H,1,4-7,10,17H2,2H3,(H,18,19). The van der Waals surface area contributed by atoms with Crippen LogP contribution in [0.5, 0.6) is 11.5 Å². The van der Waals surface area contributed by atoms with Gasteiger partial charge in [-0.05, 0) is 53.5 Å². The van der Waals surface area contributed by atoms with Crippen LogP contribution < -0.4 is 20.5 Å². The van der Waals surface area contributed by atoms with E-state index in [2.05, 4.69) is 27.8 Å². The zero-order valence-corrected chi connectivity index (χ0v) is 13.7. The van der Waals surface area contributed by atoms with E-state index in [0.29, 0.717) is 31.2 Å². The molecule has 0 fully saturated rings. The molecular weight excluding hydrogens is 336 g/mol. The van der Waals surface area contributed by atoms with Crippen LogP contribution in [0.4, 0.5) is 0 Å². The fraction of sp³-hybridized carbons (Fsp3) is 0.400. The molecule has 0 atom stereocenters. The molecular formula is C15H21BrN2O3. The summed E-state index contributed by atoms with van der Waals surface area (Å²) in [5, 5.41) is 2.65. The molecule has 21 heavy (non-hydrogen) atoms. The van der Waals surface area contributed by atoms with Crippen LogP contribution in [0.15, 0.2) is 29.3 Å². The number of halogens is 1. The van der Waals surface area contributed by atoms with Gasteiger partial charge in [-0.25, -0.2) is 0 Å². The molecule has 116 valence electrons. The van der Waals surface area contributed by atoms with Crippen LogP contribution in [-0.4, -0.2) is 32.2 Å². The van der Waals surface area contributed by atoms with Gasteiger partial charge in [0.2, 0.25) is 0 Å². The Labute approximate surface area is 133 Å². The number of amides is 1. The lowest BCUT2D eigenvalue weighted by Crippen LogP contribution is -2.28. The van der Waals surface area contributed by atoms with Gasteiger partial charge in [-0.2, -0.15) is 0 Å². The molecule has 0 aliphatic heterocycles. The lowest BCUT2D eigenvalue weighted by atomic mass is 10.1. The largest absolute Gasteiger partial charge is 0.490 e. The van der Waals surface area contributed by atoms with Crippen molar-refractivity contribution >= 4 is 21.8 Å². The number of carbonyl (C=O) groups is 1. The molecule has 1 amide bonds. The second-order valence-corrected chi connectivity index (χ2v) is 5.11. The average molecular weight is 357 g/mol. The first-order valence-corrected chi connectivity index (χ1v) is 7.57. The first-order chi connectivity index (χ1) is 10.1. The second kappa shape index (κ2) is 9.41. The fourth-order valence-electron chi connectivity index (χ4n) is 1.71. The van der Waals surface area contributed by atoms with E-state index in [9.17, 15) is 4.79 Å². The summed E-state index contributed by atoms with van der Waals surface area (Å²) >= 11 is 3.45. The molecule has 0 aromatic heterocycles. The minimum atomic E-state index is -0.213. The van der Waals surface area contributed by atoms with Gasteiger partial charge >= 0.3 is 0 Å². The van der Waals surface area contributed by atoms with E-state index in [1.807, 2.05) is 19.1 Å². The summed E-state index contributed by atoms with van der Waals surface area (Å²) in [6, 6.07) is 3.81. The van der Waals surface area contributed by atoms with Crippen molar-refractivity contribution < 1.29 is 14.3 Å². The smallest absolute Gasteiger partial charge is 0.258 e. The van der Waals surface area contributed by atoms with Gasteiger partial charge in [0.15, 0.2) is 18.1 Å². The van der Waals surface area contributed by atoms with E-state index >= 15 is 0 Å². The normalized spacial score (nSPS) is 10.0. The van der Waals surface area contributed by atoms with E-state index in [4.69, 9.17) is 15.2 Å². The van der Waals surface area contributed by atoms with E-state index in [-0.39, 0.29) is 12.5 Å². The molecule has 6 heteroatoms. The second-order valence-electron chi connectivity index (χ2n) is 4.26. The zero-order valence-electron chi connectivity index (χ0n) is 12.2. The minimum Gasteiger partial charge on any atom is -0.490 e. The molecule has 1 aromatic rings. The van der Waals surface area contributed by atoms with Gasteiger partial charge in [-0.3, -0.25) is 4.79 Å². The molecule has 0 radical (unpaired) electrons. The SMILES string of the molecule is C=CCNC(=O)COc1c(Br)cc(CCN)cc1OCC. The van der Waals surface area contributed by atoms with Crippen molar-refractivity contribution in [1.82, 2.24) is 5.32 Å². The molecule has 0 unspecified atom stereocenters.